The van der Waals surface area contributed by atoms with E-state index in [0.29, 0.717) is 0 Å². The fourth-order valence-corrected chi connectivity index (χ4v) is 7.93. The van der Waals surface area contributed by atoms with Crippen LogP contribution in [0.2, 0.25) is 0 Å². The van der Waals surface area contributed by atoms with Crippen LogP contribution in [0.3, 0.4) is 0 Å². The maximum atomic E-state index is 2.88. The lowest BCUT2D eigenvalue weighted by Crippen LogP contribution is -2.27. The second-order valence-electron chi connectivity index (χ2n) is 16.6. The molecule has 0 aromatic carbocycles. The molecular weight excluding hydrogens is 591 g/mol. The zero-order valence-corrected chi connectivity index (χ0v) is 35.3. The second-order valence-corrected chi connectivity index (χ2v) is 16.6. The van der Waals surface area contributed by atoms with Crippen molar-refractivity contribution in [3.63, 3.8) is 0 Å². The van der Waals surface area contributed by atoms with Gasteiger partial charge in [0, 0.05) is 0 Å². The van der Waals surface area contributed by atoms with Gasteiger partial charge in [0.15, 0.2) is 0 Å². The average molecular weight is 690 g/mol. The van der Waals surface area contributed by atoms with E-state index in [0.717, 1.165) is 0 Å². The Morgan fingerprint density at radius 2 is 0.286 bits per heavy atom. The molecule has 0 heterocycles. The highest BCUT2D eigenvalue weighted by atomic mass is 15.1. The number of hydrogen-bond acceptors (Lipinski definition) is 1. The summed E-state index contributed by atoms with van der Waals surface area (Å²) in [6, 6.07) is 0. The smallest absolute Gasteiger partial charge is 0.00187 e. The molecule has 0 fully saturated rings. The highest BCUT2D eigenvalue weighted by Gasteiger charge is 2.05. The van der Waals surface area contributed by atoms with Crippen LogP contribution < -0.4 is 0 Å². The standard InChI is InChI=1S/C48H99N/c1-4-7-10-13-16-19-22-25-26-27-30-33-36-39-42-45-48-49(46-43-40-37-34-31-28-23-20-17-14-11-8-5-2)47-44-41-38-35-32-29-24-21-18-15-12-9-6-3/h4-48H2,1-3H3. The van der Waals surface area contributed by atoms with Crippen LogP contribution in [0.15, 0.2) is 0 Å². The molecule has 0 N–H and O–H groups in total. The Hall–Kier alpha value is -0.0400. The van der Waals surface area contributed by atoms with Crippen molar-refractivity contribution in [3.8, 4) is 0 Å². The highest BCUT2D eigenvalue weighted by molar-refractivity contribution is 4.61. The molecule has 0 rings (SSSR count). The number of rotatable bonds is 45. The molecule has 0 amide bonds. The number of nitrogens with zero attached hydrogens (tertiary/aromatic N) is 1. The van der Waals surface area contributed by atoms with E-state index in [1.165, 1.54) is 289 Å². The molecule has 0 aromatic rings. The second kappa shape index (κ2) is 46.0. The minimum Gasteiger partial charge on any atom is -0.303 e. The first-order chi connectivity index (χ1) is 24.3. The molecular formula is C48H99N. The summed E-state index contributed by atoms with van der Waals surface area (Å²) in [5, 5.41) is 0. The molecule has 49 heavy (non-hydrogen) atoms. The summed E-state index contributed by atoms with van der Waals surface area (Å²) in [7, 11) is 0. The van der Waals surface area contributed by atoms with Gasteiger partial charge in [-0.15, -0.1) is 0 Å². The molecule has 0 bridgehead atoms. The van der Waals surface area contributed by atoms with Crippen LogP contribution >= 0.6 is 0 Å². The van der Waals surface area contributed by atoms with Crippen molar-refractivity contribution in [1.82, 2.24) is 4.90 Å². The average Bonchev–Trinajstić information content (AvgIpc) is 3.11. The van der Waals surface area contributed by atoms with E-state index in [4.69, 9.17) is 0 Å². The van der Waals surface area contributed by atoms with Crippen LogP contribution in [0.25, 0.3) is 0 Å². The van der Waals surface area contributed by atoms with Gasteiger partial charge in [0.25, 0.3) is 0 Å². The zero-order valence-electron chi connectivity index (χ0n) is 35.3. The highest BCUT2D eigenvalue weighted by Crippen LogP contribution is 2.17. The third-order valence-electron chi connectivity index (χ3n) is 11.5. The Labute approximate surface area is 314 Å². The summed E-state index contributed by atoms with van der Waals surface area (Å²) < 4.78 is 0. The minimum atomic E-state index is 1.37. The van der Waals surface area contributed by atoms with Crippen LogP contribution in [0.4, 0.5) is 0 Å². The normalized spacial score (nSPS) is 11.8. The van der Waals surface area contributed by atoms with Crippen molar-refractivity contribution in [3.05, 3.63) is 0 Å². The molecule has 0 spiro atoms. The first-order valence-electron chi connectivity index (χ1n) is 24.1. The maximum Gasteiger partial charge on any atom is -0.00187 e. The molecule has 0 unspecified atom stereocenters. The Balaban J connectivity index is 3.91. The lowest BCUT2D eigenvalue weighted by molar-refractivity contribution is 0.254. The van der Waals surface area contributed by atoms with E-state index < -0.39 is 0 Å². The lowest BCUT2D eigenvalue weighted by Gasteiger charge is -2.22. The molecule has 0 saturated carbocycles. The molecule has 0 aromatic heterocycles. The molecule has 0 aliphatic carbocycles. The quantitative estimate of drug-likeness (QED) is 0.0575. The van der Waals surface area contributed by atoms with Crippen LogP contribution in [0.5, 0.6) is 0 Å². The van der Waals surface area contributed by atoms with Gasteiger partial charge in [-0.25, -0.2) is 0 Å². The van der Waals surface area contributed by atoms with E-state index >= 15 is 0 Å². The van der Waals surface area contributed by atoms with Gasteiger partial charge in [0.05, 0.1) is 0 Å². The van der Waals surface area contributed by atoms with Gasteiger partial charge in [0.2, 0.25) is 0 Å². The summed E-state index contributed by atoms with van der Waals surface area (Å²) in [6.07, 6.45) is 61.6. The van der Waals surface area contributed by atoms with Gasteiger partial charge < -0.3 is 4.90 Å². The van der Waals surface area contributed by atoms with Crippen molar-refractivity contribution in [1.29, 1.82) is 0 Å². The Morgan fingerprint density at radius 3 is 0.429 bits per heavy atom. The van der Waals surface area contributed by atoms with Gasteiger partial charge in [-0.2, -0.15) is 0 Å². The SMILES string of the molecule is CCCCCCCCCCCCCCCCCCN(CCCCCCCCCCCCCCC)CCCCCCCCCCCCCCC. The van der Waals surface area contributed by atoms with Crippen molar-refractivity contribution in [2.75, 3.05) is 19.6 Å². The predicted octanol–water partition coefficient (Wildman–Crippen LogP) is 17.7. The predicted molar refractivity (Wildman–Crippen MR) is 227 cm³/mol. The van der Waals surface area contributed by atoms with E-state index in [1.807, 2.05) is 0 Å². The summed E-state index contributed by atoms with van der Waals surface area (Å²) in [5.74, 6) is 0. The van der Waals surface area contributed by atoms with Crippen molar-refractivity contribution < 1.29 is 0 Å². The summed E-state index contributed by atoms with van der Waals surface area (Å²) in [4.78, 5) is 2.88. The van der Waals surface area contributed by atoms with Crippen molar-refractivity contribution in [2.45, 2.75) is 290 Å². The first kappa shape index (κ1) is 49.0. The zero-order chi connectivity index (χ0) is 35.4. The third-order valence-corrected chi connectivity index (χ3v) is 11.5. The molecule has 0 aliphatic heterocycles. The van der Waals surface area contributed by atoms with Gasteiger partial charge in [0.1, 0.15) is 0 Å². The van der Waals surface area contributed by atoms with Crippen LogP contribution in [0.1, 0.15) is 290 Å². The Morgan fingerprint density at radius 1 is 0.163 bits per heavy atom. The third kappa shape index (κ3) is 44.0. The molecule has 0 radical (unpaired) electrons. The Bertz CT molecular complexity index is 513. The van der Waals surface area contributed by atoms with Crippen LogP contribution in [-0.2, 0) is 0 Å². The molecule has 1 heteroatoms. The first-order valence-corrected chi connectivity index (χ1v) is 24.1. The number of unbranched alkanes of at least 4 members (excludes halogenated alkanes) is 39. The summed E-state index contributed by atoms with van der Waals surface area (Å²) in [6.45, 7) is 11.1. The summed E-state index contributed by atoms with van der Waals surface area (Å²) >= 11 is 0. The van der Waals surface area contributed by atoms with E-state index in [2.05, 4.69) is 25.7 Å². The van der Waals surface area contributed by atoms with Crippen LogP contribution in [-0.4, -0.2) is 24.5 Å². The molecule has 0 atom stereocenters. The van der Waals surface area contributed by atoms with Crippen LogP contribution in [0, 0.1) is 0 Å². The Kier molecular flexibility index (Phi) is 45.9. The number of hydrogen-bond donors (Lipinski definition) is 0. The van der Waals surface area contributed by atoms with Gasteiger partial charge in [-0.3, -0.25) is 0 Å². The van der Waals surface area contributed by atoms with Gasteiger partial charge in [-0.1, -0.05) is 271 Å². The van der Waals surface area contributed by atoms with E-state index in [1.54, 1.807) is 0 Å². The fourth-order valence-electron chi connectivity index (χ4n) is 7.93. The summed E-state index contributed by atoms with van der Waals surface area (Å²) in [5.41, 5.74) is 0. The van der Waals surface area contributed by atoms with E-state index in [-0.39, 0.29) is 0 Å². The van der Waals surface area contributed by atoms with Crippen molar-refractivity contribution >= 4 is 0 Å². The maximum absolute atomic E-state index is 2.88. The van der Waals surface area contributed by atoms with E-state index in [9.17, 15) is 0 Å². The molecule has 0 aliphatic rings. The monoisotopic (exact) mass is 690 g/mol. The molecule has 296 valence electrons. The fraction of sp³-hybridized carbons (Fsp3) is 1.00. The molecule has 0 saturated heterocycles. The topological polar surface area (TPSA) is 3.24 Å². The lowest BCUT2D eigenvalue weighted by atomic mass is 10.0. The largest absolute Gasteiger partial charge is 0.303 e. The molecule has 1 nitrogen and oxygen atoms in total. The van der Waals surface area contributed by atoms with Gasteiger partial charge in [-0.05, 0) is 38.9 Å². The van der Waals surface area contributed by atoms with Crippen molar-refractivity contribution in [2.24, 2.45) is 0 Å². The minimum absolute atomic E-state index is 1.37. The van der Waals surface area contributed by atoms with Gasteiger partial charge >= 0.3 is 0 Å².